The zero-order valence-corrected chi connectivity index (χ0v) is 16.9. The molecular weight excluding hydrogens is 441 g/mol. The molecule has 3 aromatic rings. The van der Waals surface area contributed by atoms with Crippen molar-refractivity contribution in [2.45, 2.75) is 12.1 Å². The number of nitrogens with zero attached hydrogens (tertiary/aromatic N) is 4. The van der Waals surface area contributed by atoms with Crippen molar-refractivity contribution in [3.63, 3.8) is 0 Å². The zero-order chi connectivity index (χ0) is 23.3. The third-order valence-corrected chi connectivity index (χ3v) is 5.64. The smallest absolute Gasteiger partial charge is 0.339 e. The molecular formula is C22H15F3N4O4. The minimum Gasteiger partial charge on any atom is -0.339 e. The van der Waals surface area contributed by atoms with Crippen LogP contribution in [0.1, 0.15) is 38.1 Å². The van der Waals surface area contributed by atoms with Gasteiger partial charge in [-0.1, -0.05) is 29.4 Å². The van der Waals surface area contributed by atoms with Crippen molar-refractivity contribution in [1.29, 1.82) is 0 Å². The number of carbonyl (C=O) groups excluding carboxylic acids is 3. The Balaban J connectivity index is 1.21. The van der Waals surface area contributed by atoms with E-state index in [0.717, 1.165) is 17.0 Å². The Morgan fingerprint density at radius 1 is 1.03 bits per heavy atom. The fraction of sp³-hybridized carbons (Fsp3) is 0.227. The van der Waals surface area contributed by atoms with Gasteiger partial charge in [0.25, 0.3) is 11.8 Å². The van der Waals surface area contributed by atoms with Crippen LogP contribution in [0.5, 0.6) is 0 Å². The van der Waals surface area contributed by atoms with Gasteiger partial charge in [0.1, 0.15) is 6.54 Å². The van der Waals surface area contributed by atoms with E-state index in [2.05, 4.69) is 10.1 Å². The van der Waals surface area contributed by atoms with Gasteiger partial charge in [0.05, 0.1) is 22.6 Å². The minimum absolute atomic E-state index is 0.0203. The summed E-state index contributed by atoms with van der Waals surface area (Å²) in [4.78, 5) is 43.9. The largest absolute Gasteiger partial charge is 0.416 e. The molecule has 33 heavy (non-hydrogen) atoms. The van der Waals surface area contributed by atoms with Gasteiger partial charge in [0.15, 0.2) is 0 Å². The summed E-state index contributed by atoms with van der Waals surface area (Å²) in [6.45, 7) is 0.0802. The first-order chi connectivity index (χ1) is 15.7. The number of amides is 3. The molecule has 168 valence electrons. The number of rotatable bonds is 4. The van der Waals surface area contributed by atoms with Crippen molar-refractivity contribution >= 4 is 17.7 Å². The number of likely N-dealkylation sites (tertiary alicyclic amines) is 1. The lowest BCUT2D eigenvalue weighted by Gasteiger charge is -2.37. The highest BCUT2D eigenvalue weighted by atomic mass is 19.4. The predicted octanol–water partition coefficient (Wildman–Crippen LogP) is 2.98. The van der Waals surface area contributed by atoms with Crippen molar-refractivity contribution < 1.29 is 32.1 Å². The molecule has 1 saturated heterocycles. The highest BCUT2D eigenvalue weighted by Crippen LogP contribution is 2.33. The Morgan fingerprint density at radius 2 is 1.70 bits per heavy atom. The molecule has 11 heteroatoms. The molecule has 0 bridgehead atoms. The third kappa shape index (κ3) is 3.65. The Hall–Kier alpha value is -4.02. The van der Waals surface area contributed by atoms with Crippen molar-refractivity contribution in [2.75, 3.05) is 19.6 Å². The van der Waals surface area contributed by atoms with Gasteiger partial charge in [0.2, 0.25) is 17.6 Å². The third-order valence-electron chi connectivity index (χ3n) is 5.64. The summed E-state index contributed by atoms with van der Waals surface area (Å²) in [5.74, 6) is -1.49. The molecule has 0 saturated carbocycles. The van der Waals surface area contributed by atoms with Crippen molar-refractivity contribution in [3.05, 3.63) is 71.1 Å². The first kappa shape index (κ1) is 20.9. The predicted molar refractivity (Wildman–Crippen MR) is 106 cm³/mol. The van der Waals surface area contributed by atoms with Crippen LogP contribution in [-0.4, -0.2) is 57.3 Å². The van der Waals surface area contributed by atoms with Gasteiger partial charge in [-0.05, 0) is 24.3 Å². The van der Waals surface area contributed by atoms with E-state index in [4.69, 9.17) is 4.52 Å². The molecule has 1 fully saturated rings. The number of alkyl halides is 3. The maximum atomic E-state index is 12.9. The second kappa shape index (κ2) is 7.54. The number of hydrogen-bond acceptors (Lipinski definition) is 6. The lowest BCUT2D eigenvalue weighted by Crippen LogP contribution is -2.52. The van der Waals surface area contributed by atoms with Crippen LogP contribution in [0.25, 0.3) is 11.4 Å². The molecule has 3 heterocycles. The van der Waals surface area contributed by atoms with Crippen LogP contribution in [-0.2, 0) is 11.0 Å². The summed E-state index contributed by atoms with van der Waals surface area (Å²) in [5, 5.41) is 3.75. The number of fused-ring (bicyclic) bond motifs is 1. The van der Waals surface area contributed by atoms with Gasteiger partial charge < -0.3 is 9.42 Å². The average molecular weight is 456 g/mol. The maximum absolute atomic E-state index is 12.9. The highest BCUT2D eigenvalue weighted by molar-refractivity contribution is 6.22. The summed E-state index contributed by atoms with van der Waals surface area (Å²) in [6.07, 6.45) is -4.49. The van der Waals surface area contributed by atoms with E-state index in [1.807, 2.05) is 0 Å². The first-order valence-corrected chi connectivity index (χ1v) is 9.96. The SMILES string of the molecule is O=C(CN1C(=O)c2ccccc2C1=O)N1CC(c2nc(-c3cccc(C(F)(F)F)c3)no2)C1. The average Bonchev–Trinajstić information content (AvgIpc) is 3.32. The van der Waals surface area contributed by atoms with E-state index in [0.29, 0.717) is 0 Å². The van der Waals surface area contributed by atoms with Crippen LogP contribution in [0.4, 0.5) is 13.2 Å². The van der Waals surface area contributed by atoms with Crippen molar-refractivity contribution in [3.8, 4) is 11.4 Å². The van der Waals surface area contributed by atoms with Crippen LogP contribution in [0, 0.1) is 0 Å². The molecule has 2 aromatic carbocycles. The summed E-state index contributed by atoms with van der Waals surface area (Å²) in [6, 6.07) is 11.0. The number of carbonyl (C=O) groups is 3. The van der Waals surface area contributed by atoms with Crippen LogP contribution in [0.15, 0.2) is 53.1 Å². The number of benzene rings is 2. The molecule has 0 radical (unpaired) electrons. The molecule has 0 spiro atoms. The summed E-state index contributed by atoms with van der Waals surface area (Å²) in [5.41, 5.74) is -0.118. The minimum atomic E-state index is -4.49. The van der Waals surface area contributed by atoms with Gasteiger partial charge in [0, 0.05) is 18.7 Å². The van der Waals surface area contributed by atoms with E-state index in [1.165, 1.54) is 29.2 Å². The molecule has 0 unspecified atom stereocenters. The second-order valence-corrected chi connectivity index (χ2v) is 7.77. The summed E-state index contributed by atoms with van der Waals surface area (Å²) < 4.78 is 44.0. The van der Waals surface area contributed by atoms with Crippen molar-refractivity contribution in [2.24, 2.45) is 0 Å². The molecule has 0 N–H and O–H groups in total. The van der Waals surface area contributed by atoms with E-state index in [-0.39, 0.29) is 54.0 Å². The Labute approximate surface area is 184 Å². The van der Waals surface area contributed by atoms with Gasteiger partial charge in [-0.15, -0.1) is 0 Å². The van der Waals surface area contributed by atoms with E-state index in [9.17, 15) is 27.6 Å². The highest BCUT2D eigenvalue weighted by Gasteiger charge is 2.40. The molecule has 2 aliphatic heterocycles. The van der Waals surface area contributed by atoms with Gasteiger partial charge in [-0.3, -0.25) is 19.3 Å². The van der Waals surface area contributed by atoms with Gasteiger partial charge in [-0.25, -0.2) is 0 Å². The first-order valence-electron chi connectivity index (χ1n) is 9.96. The monoisotopic (exact) mass is 456 g/mol. The van der Waals surface area contributed by atoms with E-state index >= 15 is 0 Å². The van der Waals surface area contributed by atoms with Crippen LogP contribution >= 0.6 is 0 Å². The molecule has 8 nitrogen and oxygen atoms in total. The molecule has 2 aliphatic rings. The standard InChI is InChI=1S/C22H15F3N4O4/c23-22(24,25)14-5-3-4-12(8-14)18-26-19(33-27-18)13-9-28(10-13)17(30)11-29-20(31)15-6-1-2-7-16(15)21(29)32/h1-8,13H,9-11H2. The molecule has 5 rings (SSSR count). The van der Waals surface area contributed by atoms with Crippen LogP contribution in [0.2, 0.25) is 0 Å². The fourth-order valence-electron chi connectivity index (χ4n) is 3.81. The van der Waals surface area contributed by atoms with Gasteiger partial charge >= 0.3 is 6.18 Å². The van der Waals surface area contributed by atoms with Gasteiger partial charge in [-0.2, -0.15) is 18.2 Å². The quantitative estimate of drug-likeness (QED) is 0.560. The Bertz CT molecular complexity index is 1250. The molecule has 0 atom stereocenters. The number of imide groups is 1. The van der Waals surface area contributed by atoms with E-state index < -0.39 is 29.5 Å². The second-order valence-electron chi connectivity index (χ2n) is 7.77. The molecule has 1 aromatic heterocycles. The Morgan fingerprint density at radius 3 is 2.33 bits per heavy atom. The number of aromatic nitrogens is 2. The van der Waals surface area contributed by atoms with Crippen LogP contribution < -0.4 is 0 Å². The fourth-order valence-corrected chi connectivity index (χ4v) is 3.81. The van der Waals surface area contributed by atoms with Crippen LogP contribution in [0.3, 0.4) is 0 Å². The van der Waals surface area contributed by atoms with Crippen molar-refractivity contribution in [1.82, 2.24) is 19.9 Å². The zero-order valence-electron chi connectivity index (χ0n) is 16.9. The lowest BCUT2D eigenvalue weighted by molar-refractivity contribution is -0.137. The lowest BCUT2D eigenvalue weighted by atomic mass is 10.00. The maximum Gasteiger partial charge on any atom is 0.416 e. The number of hydrogen-bond donors (Lipinski definition) is 0. The Kier molecular flexibility index (Phi) is 4.76. The summed E-state index contributed by atoms with van der Waals surface area (Å²) in [7, 11) is 0. The normalized spacial score (nSPS) is 16.2. The topological polar surface area (TPSA) is 96.6 Å². The summed E-state index contributed by atoms with van der Waals surface area (Å²) >= 11 is 0. The molecule has 3 amide bonds. The molecule has 0 aliphatic carbocycles. The number of halogens is 3. The van der Waals surface area contributed by atoms with E-state index in [1.54, 1.807) is 12.1 Å².